The molecule has 1 aromatic heterocycles. The van der Waals surface area contributed by atoms with Crippen molar-refractivity contribution in [3.8, 4) is 11.4 Å². The van der Waals surface area contributed by atoms with Gasteiger partial charge in [0.2, 0.25) is 5.82 Å². The molecule has 0 fully saturated rings. The van der Waals surface area contributed by atoms with Crippen LogP contribution in [0.2, 0.25) is 0 Å². The maximum absolute atomic E-state index is 9.41. The van der Waals surface area contributed by atoms with Crippen molar-refractivity contribution in [3.05, 3.63) is 95.3 Å². The molecule has 7 nitrogen and oxygen atoms in total. The number of fused-ring (bicyclic) bond motifs is 1. The van der Waals surface area contributed by atoms with E-state index in [9.17, 15) is 5.11 Å². The topological polar surface area (TPSA) is 78.9 Å². The van der Waals surface area contributed by atoms with Crippen LogP contribution < -0.4 is 4.90 Å². The van der Waals surface area contributed by atoms with E-state index in [1.54, 1.807) is 4.79 Å². The fourth-order valence-electron chi connectivity index (χ4n) is 4.58. The van der Waals surface area contributed by atoms with Crippen LogP contribution in [-0.2, 0) is 5.41 Å². The van der Waals surface area contributed by atoms with E-state index in [0.717, 1.165) is 40.3 Å². The van der Waals surface area contributed by atoms with Crippen molar-refractivity contribution in [1.82, 2.24) is 14.9 Å². The fraction of sp³-hybridized carbons (Fsp3) is 0.290. The summed E-state index contributed by atoms with van der Waals surface area (Å²) in [7, 11) is 0. The van der Waals surface area contributed by atoms with E-state index >= 15 is 0 Å². The van der Waals surface area contributed by atoms with Crippen molar-refractivity contribution in [2.45, 2.75) is 40.0 Å². The third kappa shape index (κ3) is 5.02. The SMILES string of the molecule is CCN(CCO)c1ccc(/N=C2/C(c3ccccc3)=Nn3nc(-c4ccc(C(C)(C)C)cc4)nc32)c(C)c1. The third-order valence-electron chi connectivity index (χ3n) is 6.81. The maximum atomic E-state index is 9.41. The van der Waals surface area contributed by atoms with Crippen LogP contribution in [0.15, 0.2) is 82.9 Å². The monoisotopic (exact) mass is 506 g/mol. The van der Waals surface area contributed by atoms with Crippen molar-refractivity contribution in [2.75, 3.05) is 24.6 Å². The molecule has 0 saturated heterocycles. The van der Waals surface area contributed by atoms with E-state index < -0.39 is 0 Å². The lowest BCUT2D eigenvalue weighted by Gasteiger charge is -2.22. The molecule has 0 radical (unpaired) electrons. The Hall–Kier alpha value is -4.10. The first kappa shape index (κ1) is 25.5. The number of likely N-dealkylation sites (N-methyl/N-ethyl adjacent to an activating group) is 1. The molecular weight excluding hydrogens is 472 g/mol. The van der Waals surface area contributed by atoms with Crippen LogP contribution in [0.1, 0.15) is 50.2 Å². The van der Waals surface area contributed by atoms with Crippen molar-refractivity contribution < 1.29 is 5.11 Å². The molecule has 0 aliphatic carbocycles. The number of aliphatic hydroxyl groups is 1. The van der Waals surface area contributed by atoms with E-state index in [1.807, 2.05) is 42.5 Å². The highest BCUT2D eigenvalue weighted by atomic mass is 16.3. The highest BCUT2D eigenvalue weighted by Gasteiger charge is 2.29. The van der Waals surface area contributed by atoms with E-state index in [4.69, 9.17) is 20.2 Å². The van der Waals surface area contributed by atoms with Crippen LogP contribution in [-0.4, -0.2) is 51.1 Å². The average molecular weight is 507 g/mol. The smallest absolute Gasteiger partial charge is 0.204 e. The van der Waals surface area contributed by atoms with Gasteiger partial charge in [-0.15, -0.1) is 15.0 Å². The van der Waals surface area contributed by atoms with Gasteiger partial charge in [0.1, 0.15) is 11.4 Å². The molecule has 2 heterocycles. The van der Waals surface area contributed by atoms with Crippen molar-refractivity contribution >= 4 is 22.8 Å². The second-order valence-corrected chi connectivity index (χ2v) is 10.5. The molecule has 4 aromatic rings. The molecule has 0 unspecified atom stereocenters. The lowest BCUT2D eigenvalue weighted by molar-refractivity contribution is 0.302. The number of hydrogen-bond acceptors (Lipinski definition) is 6. The van der Waals surface area contributed by atoms with Gasteiger partial charge in [-0.3, -0.25) is 0 Å². The Morgan fingerprint density at radius 3 is 2.32 bits per heavy atom. The first-order valence-corrected chi connectivity index (χ1v) is 13.1. The summed E-state index contributed by atoms with van der Waals surface area (Å²) in [5, 5.41) is 18.9. The van der Waals surface area contributed by atoms with E-state index in [1.165, 1.54) is 5.56 Å². The van der Waals surface area contributed by atoms with Crippen LogP contribution in [0, 0.1) is 6.92 Å². The number of aryl methyl sites for hydroxylation is 1. The normalized spacial score (nSPS) is 14.1. The predicted octanol–water partition coefficient (Wildman–Crippen LogP) is 5.76. The Morgan fingerprint density at radius 1 is 0.947 bits per heavy atom. The molecule has 0 bridgehead atoms. The summed E-state index contributed by atoms with van der Waals surface area (Å²) in [6.45, 7) is 12.3. The van der Waals surface area contributed by atoms with Crippen LogP contribution >= 0.6 is 0 Å². The van der Waals surface area contributed by atoms with Gasteiger partial charge in [0.15, 0.2) is 5.82 Å². The van der Waals surface area contributed by atoms with E-state index in [-0.39, 0.29) is 12.0 Å². The Balaban J connectivity index is 1.56. The van der Waals surface area contributed by atoms with Gasteiger partial charge in [-0.1, -0.05) is 75.4 Å². The lowest BCUT2D eigenvalue weighted by atomic mass is 9.87. The highest BCUT2D eigenvalue weighted by molar-refractivity contribution is 6.54. The number of aliphatic imine (C=N–C) groups is 1. The zero-order chi connectivity index (χ0) is 26.9. The predicted molar refractivity (Wildman–Crippen MR) is 155 cm³/mol. The summed E-state index contributed by atoms with van der Waals surface area (Å²) >= 11 is 0. The summed E-state index contributed by atoms with van der Waals surface area (Å²) < 4.78 is 0. The summed E-state index contributed by atoms with van der Waals surface area (Å²) in [4.78, 5) is 13.7. The van der Waals surface area contributed by atoms with Crippen molar-refractivity contribution in [2.24, 2.45) is 10.1 Å². The zero-order valence-corrected chi connectivity index (χ0v) is 22.7. The molecule has 5 rings (SSSR count). The Bertz CT molecular complexity index is 1490. The number of nitrogens with zero attached hydrogens (tertiary/aromatic N) is 6. The van der Waals surface area contributed by atoms with Crippen molar-refractivity contribution in [3.63, 3.8) is 0 Å². The molecule has 0 atom stereocenters. The molecule has 1 N–H and O–H groups in total. The molecule has 1 aliphatic rings. The summed E-state index contributed by atoms with van der Waals surface area (Å²) in [5.74, 6) is 1.25. The number of benzene rings is 3. The molecule has 0 amide bonds. The number of anilines is 1. The summed E-state index contributed by atoms with van der Waals surface area (Å²) in [6, 6.07) is 24.6. The largest absolute Gasteiger partial charge is 0.395 e. The van der Waals surface area contributed by atoms with Crippen molar-refractivity contribution in [1.29, 1.82) is 0 Å². The molecule has 38 heavy (non-hydrogen) atoms. The molecule has 1 aliphatic heterocycles. The second kappa shape index (κ2) is 10.3. The molecular formula is C31H34N6O. The Morgan fingerprint density at radius 2 is 1.68 bits per heavy atom. The molecule has 0 spiro atoms. The first-order chi connectivity index (χ1) is 18.3. The first-order valence-electron chi connectivity index (χ1n) is 13.1. The maximum Gasteiger partial charge on any atom is 0.204 e. The molecule has 194 valence electrons. The quantitative estimate of drug-likeness (QED) is 0.346. The average Bonchev–Trinajstić information content (AvgIpc) is 3.47. The minimum atomic E-state index is 0.0796. The number of aromatic nitrogens is 3. The van der Waals surface area contributed by atoms with E-state index in [2.05, 4.69) is 69.9 Å². The number of rotatable bonds is 7. The second-order valence-electron chi connectivity index (χ2n) is 10.5. The summed E-state index contributed by atoms with van der Waals surface area (Å²) in [5.41, 5.74) is 7.64. The summed E-state index contributed by atoms with van der Waals surface area (Å²) in [6.07, 6.45) is 0. The molecule has 7 heteroatoms. The Labute approximate surface area is 224 Å². The fourth-order valence-corrected chi connectivity index (χ4v) is 4.58. The van der Waals surface area contributed by atoms with Crippen LogP contribution in [0.25, 0.3) is 11.4 Å². The Kier molecular flexibility index (Phi) is 6.95. The van der Waals surface area contributed by atoms with Crippen LogP contribution in [0.5, 0.6) is 0 Å². The van der Waals surface area contributed by atoms with Gasteiger partial charge in [-0.05, 0) is 48.6 Å². The molecule has 3 aromatic carbocycles. The van der Waals surface area contributed by atoms with Crippen LogP contribution in [0.4, 0.5) is 11.4 Å². The van der Waals surface area contributed by atoms with Gasteiger partial charge in [-0.2, -0.15) is 0 Å². The minimum absolute atomic E-state index is 0.0796. The standard InChI is InChI=1S/C31H34N6O/c1-6-36(18-19-38)25-16-17-26(21(2)20-25)32-28-27(22-10-8-7-9-11-22)34-37-30(28)33-29(35-37)23-12-14-24(15-13-23)31(3,4)5/h7-17,20,38H,6,18-19H2,1-5H3/b32-28-. The molecule has 0 saturated carbocycles. The minimum Gasteiger partial charge on any atom is -0.395 e. The highest BCUT2D eigenvalue weighted by Crippen LogP contribution is 2.29. The van der Waals surface area contributed by atoms with Gasteiger partial charge < -0.3 is 10.0 Å². The number of hydrogen-bond donors (Lipinski definition) is 1. The van der Waals surface area contributed by atoms with Gasteiger partial charge in [0, 0.05) is 29.9 Å². The lowest BCUT2D eigenvalue weighted by Crippen LogP contribution is -2.26. The number of aliphatic hydroxyl groups excluding tert-OH is 1. The van der Waals surface area contributed by atoms with Gasteiger partial charge in [0.25, 0.3) is 0 Å². The van der Waals surface area contributed by atoms with Gasteiger partial charge in [-0.25, -0.2) is 9.98 Å². The van der Waals surface area contributed by atoms with E-state index in [0.29, 0.717) is 23.9 Å². The zero-order valence-electron chi connectivity index (χ0n) is 22.7. The van der Waals surface area contributed by atoms with Gasteiger partial charge in [0.05, 0.1) is 12.3 Å². The van der Waals surface area contributed by atoms with Crippen LogP contribution in [0.3, 0.4) is 0 Å². The third-order valence-corrected chi connectivity index (χ3v) is 6.81. The van der Waals surface area contributed by atoms with Gasteiger partial charge >= 0.3 is 0 Å².